The maximum atomic E-state index is 12.6. The molecule has 3 aromatic carbocycles. The molecule has 1 fully saturated rings. The van der Waals surface area contributed by atoms with Gasteiger partial charge < -0.3 is 10.1 Å². The number of esters is 1. The molecule has 0 bridgehead atoms. The van der Waals surface area contributed by atoms with Gasteiger partial charge in [-0.3, -0.25) is 9.59 Å². The first-order chi connectivity index (χ1) is 16.5. The summed E-state index contributed by atoms with van der Waals surface area (Å²) in [5, 5.41) is 7.80. The van der Waals surface area contributed by atoms with Crippen LogP contribution in [0.2, 0.25) is 0 Å². The van der Waals surface area contributed by atoms with Crippen LogP contribution in [0.1, 0.15) is 47.3 Å². The zero-order valence-corrected chi connectivity index (χ0v) is 19.1. The van der Waals surface area contributed by atoms with E-state index in [1.54, 1.807) is 4.68 Å². The topological polar surface area (TPSA) is 73.2 Å². The zero-order chi connectivity index (χ0) is 23.7. The van der Waals surface area contributed by atoms with Crippen LogP contribution in [-0.4, -0.2) is 21.7 Å². The van der Waals surface area contributed by atoms with Gasteiger partial charge in [0.15, 0.2) is 0 Å². The molecule has 4 aromatic rings. The fourth-order valence-electron chi connectivity index (χ4n) is 3.94. The molecule has 1 aromatic heterocycles. The molecule has 1 amide bonds. The van der Waals surface area contributed by atoms with Crippen LogP contribution in [0.3, 0.4) is 0 Å². The number of para-hydroxylation sites is 1. The van der Waals surface area contributed by atoms with Crippen LogP contribution in [0.4, 0.5) is 5.69 Å². The molecule has 0 spiro atoms. The molecular weight excluding hydrogens is 426 g/mol. The third kappa shape index (κ3) is 4.48. The van der Waals surface area contributed by atoms with Crippen molar-refractivity contribution in [3.63, 3.8) is 0 Å². The lowest BCUT2D eigenvalue weighted by atomic mass is 10.0. The van der Waals surface area contributed by atoms with E-state index in [2.05, 4.69) is 5.32 Å². The maximum Gasteiger partial charge on any atom is 0.309 e. The molecule has 6 nitrogen and oxygen atoms in total. The van der Waals surface area contributed by atoms with Crippen molar-refractivity contribution < 1.29 is 14.3 Å². The third-order valence-electron chi connectivity index (χ3n) is 5.82. The summed E-state index contributed by atoms with van der Waals surface area (Å²) < 4.78 is 7.40. The lowest BCUT2D eigenvalue weighted by Crippen LogP contribution is -2.11. The summed E-state index contributed by atoms with van der Waals surface area (Å²) >= 11 is 0. The number of nitrogens with one attached hydrogen (secondary N) is 1. The summed E-state index contributed by atoms with van der Waals surface area (Å²) in [6.45, 7) is 3.38. The second-order valence-corrected chi connectivity index (χ2v) is 8.58. The zero-order valence-electron chi connectivity index (χ0n) is 19.1. The normalized spacial score (nSPS) is 12.9. The summed E-state index contributed by atoms with van der Waals surface area (Å²) in [5.74, 6) is 0.193. The van der Waals surface area contributed by atoms with E-state index in [1.165, 1.54) is 6.92 Å². The van der Waals surface area contributed by atoms with Crippen molar-refractivity contribution in [1.29, 1.82) is 0 Å². The highest BCUT2D eigenvalue weighted by Gasteiger charge is 2.34. The van der Waals surface area contributed by atoms with E-state index in [-0.39, 0.29) is 5.91 Å². The Kier molecular flexibility index (Phi) is 5.72. The predicted molar refractivity (Wildman–Crippen MR) is 131 cm³/mol. The van der Waals surface area contributed by atoms with Gasteiger partial charge >= 0.3 is 5.97 Å². The van der Waals surface area contributed by atoms with E-state index in [0.29, 0.717) is 23.0 Å². The molecule has 0 saturated heterocycles. The SMILES string of the molecule is CC(=O)Oc1c(-c2ccc(NC(=O)c3ccc(C)cc3)cc2)c(C2CC2)nn1-c1ccccc1. The number of hydrogen-bond acceptors (Lipinski definition) is 4. The summed E-state index contributed by atoms with van der Waals surface area (Å²) in [6.07, 6.45) is 2.12. The van der Waals surface area contributed by atoms with Crippen molar-refractivity contribution in [3.8, 4) is 22.7 Å². The van der Waals surface area contributed by atoms with Crippen molar-refractivity contribution in [1.82, 2.24) is 9.78 Å². The maximum absolute atomic E-state index is 12.6. The fourth-order valence-corrected chi connectivity index (χ4v) is 3.94. The van der Waals surface area contributed by atoms with Crippen molar-refractivity contribution in [2.24, 2.45) is 0 Å². The highest BCUT2D eigenvalue weighted by atomic mass is 16.5. The van der Waals surface area contributed by atoms with Gasteiger partial charge in [0.05, 0.1) is 16.9 Å². The third-order valence-corrected chi connectivity index (χ3v) is 5.82. The Labute approximate surface area is 198 Å². The Bertz CT molecular complexity index is 1340. The number of aromatic nitrogens is 2. The lowest BCUT2D eigenvalue weighted by Gasteiger charge is -2.10. The Morgan fingerprint density at radius 3 is 2.24 bits per heavy atom. The number of carbonyl (C=O) groups is 2. The number of carbonyl (C=O) groups excluding carboxylic acids is 2. The highest BCUT2D eigenvalue weighted by molar-refractivity contribution is 6.04. The smallest absolute Gasteiger partial charge is 0.309 e. The first-order valence-electron chi connectivity index (χ1n) is 11.3. The average molecular weight is 452 g/mol. The molecule has 0 unspecified atom stereocenters. The van der Waals surface area contributed by atoms with Crippen LogP contribution in [0.25, 0.3) is 16.8 Å². The standard InChI is InChI=1S/C28H25N3O3/c1-18-8-10-22(11-9-18)27(33)29-23-16-14-20(15-17-23)25-26(21-12-13-21)30-31(28(25)34-19(2)32)24-6-4-3-5-7-24/h3-11,14-17,21H,12-13H2,1-2H3,(H,29,33). The largest absolute Gasteiger partial charge is 0.407 e. The van der Waals surface area contributed by atoms with E-state index >= 15 is 0 Å². The van der Waals surface area contributed by atoms with E-state index < -0.39 is 5.97 Å². The van der Waals surface area contributed by atoms with E-state index in [0.717, 1.165) is 40.9 Å². The predicted octanol–water partition coefficient (Wildman–Crippen LogP) is 5.90. The Balaban J connectivity index is 1.50. The molecule has 1 saturated carbocycles. The average Bonchev–Trinajstić information content (AvgIpc) is 3.62. The van der Waals surface area contributed by atoms with Crippen LogP contribution in [0.15, 0.2) is 78.9 Å². The van der Waals surface area contributed by atoms with E-state index in [9.17, 15) is 9.59 Å². The molecule has 0 radical (unpaired) electrons. The summed E-state index contributed by atoms with van der Waals surface area (Å²) in [7, 11) is 0. The minimum absolute atomic E-state index is 0.163. The molecule has 1 N–H and O–H groups in total. The number of hydrogen-bond donors (Lipinski definition) is 1. The van der Waals surface area contributed by atoms with Crippen molar-refractivity contribution in [2.45, 2.75) is 32.6 Å². The van der Waals surface area contributed by atoms with Crippen molar-refractivity contribution >= 4 is 17.6 Å². The van der Waals surface area contributed by atoms with Gasteiger partial charge in [0, 0.05) is 24.1 Å². The van der Waals surface area contributed by atoms with Crippen molar-refractivity contribution in [2.75, 3.05) is 5.32 Å². The van der Waals surface area contributed by atoms with Gasteiger partial charge in [-0.05, 0) is 61.7 Å². The Morgan fingerprint density at radius 2 is 1.62 bits per heavy atom. The van der Waals surface area contributed by atoms with Crippen LogP contribution in [0, 0.1) is 6.92 Å². The molecule has 1 aliphatic rings. The number of nitrogens with zero attached hydrogens (tertiary/aromatic N) is 2. The quantitative estimate of drug-likeness (QED) is 0.370. The van der Waals surface area contributed by atoms with Gasteiger partial charge in [0.1, 0.15) is 0 Å². The molecule has 5 rings (SSSR count). The van der Waals surface area contributed by atoms with Gasteiger partial charge in [-0.2, -0.15) is 9.78 Å². The van der Waals surface area contributed by atoms with Gasteiger partial charge in [0.2, 0.25) is 5.88 Å². The summed E-state index contributed by atoms with van der Waals surface area (Å²) in [4.78, 5) is 24.6. The first-order valence-corrected chi connectivity index (χ1v) is 11.3. The van der Waals surface area contributed by atoms with Gasteiger partial charge in [-0.1, -0.05) is 48.0 Å². The molecular formula is C28H25N3O3. The van der Waals surface area contributed by atoms with Crippen LogP contribution in [-0.2, 0) is 4.79 Å². The Morgan fingerprint density at radius 1 is 0.941 bits per heavy atom. The summed E-state index contributed by atoms with van der Waals surface area (Å²) in [6, 6.07) is 24.7. The molecule has 0 aliphatic heterocycles. The van der Waals surface area contributed by atoms with Crippen LogP contribution < -0.4 is 10.1 Å². The second kappa shape index (κ2) is 8.98. The van der Waals surface area contributed by atoms with Gasteiger partial charge in [0.25, 0.3) is 5.91 Å². The second-order valence-electron chi connectivity index (χ2n) is 8.58. The number of benzene rings is 3. The lowest BCUT2D eigenvalue weighted by molar-refractivity contribution is -0.132. The number of amides is 1. The molecule has 34 heavy (non-hydrogen) atoms. The molecule has 1 aliphatic carbocycles. The minimum Gasteiger partial charge on any atom is -0.407 e. The van der Waals surface area contributed by atoms with E-state index in [1.807, 2.05) is 85.8 Å². The number of rotatable bonds is 6. The molecule has 1 heterocycles. The number of ether oxygens (including phenoxy) is 1. The van der Waals surface area contributed by atoms with Gasteiger partial charge in [-0.15, -0.1) is 0 Å². The van der Waals surface area contributed by atoms with Crippen LogP contribution in [0.5, 0.6) is 5.88 Å². The molecule has 0 atom stereocenters. The van der Waals surface area contributed by atoms with E-state index in [4.69, 9.17) is 9.84 Å². The number of anilines is 1. The molecule has 6 heteroatoms. The minimum atomic E-state index is -0.400. The van der Waals surface area contributed by atoms with Crippen LogP contribution >= 0.6 is 0 Å². The van der Waals surface area contributed by atoms with Gasteiger partial charge in [-0.25, -0.2) is 0 Å². The summed E-state index contributed by atoms with van der Waals surface area (Å²) in [5.41, 5.74) is 5.85. The van der Waals surface area contributed by atoms with Crippen molar-refractivity contribution in [3.05, 3.63) is 95.7 Å². The fraction of sp³-hybridized carbons (Fsp3) is 0.179. The first kappa shape index (κ1) is 21.6. The monoisotopic (exact) mass is 451 g/mol. The number of aryl methyl sites for hydroxylation is 1. The highest BCUT2D eigenvalue weighted by Crippen LogP contribution is 2.48. The molecule has 170 valence electrons. The Hall–Kier alpha value is -4.19.